The van der Waals surface area contributed by atoms with Gasteiger partial charge in [0.25, 0.3) is 5.91 Å². The zero-order valence-corrected chi connectivity index (χ0v) is 9.71. The van der Waals surface area contributed by atoms with Gasteiger partial charge in [-0.2, -0.15) is 4.99 Å². The highest BCUT2D eigenvalue weighted by atomic mass is 16.5. The second-order valence-electron chi connectivity index (χ2n) is 4.04. The van der Waals surface area contributed by atoms with Crippen LogP contribution in [0.5, 0.6) is 5.75 Å². The Bertz CT molecular complexity index is 617. The van der Waals surface area contributed by atoms with E-state index in [-0.39, 0.29) is 12.3 Å². The van der Waals surface area contributed by atoms with E-state index in [9.17, 15) is 9.59 Å². The molecule has 1 aromatic rings. The van der Waals surface area contributed by atoms with E-state index in [1.807, 2.05) is 18.2 Å². The van der Waals surface area contributed by atoms with Crippen LogP contribution in [0.1, 0.15) is 17.5 Å². The number of ether oxygens (including phenoxy) is 1. The lowest BCUT2D eigenvalue weighted by molar-refractivity contribution is -0.131. The van der Waals surface area contributed by atoms with Crippen molar-refractivity contribution in [2.45, 2.75) is 6.42 Å². The first-order valence-corrected chi connectivity index (χ1v) is 5.49. The van der Waals surface area contributed by atoms with Crippen LogP contribution in [-0.2, 0) is 9.59 Å². The lowest BCUT2D eigenvalue weighted by atomic mass is 10.0. The molecule has 5 nitrogen and oxygen atoms in total. The third-order valence-corrected chi connectivity index (χ3v) is 2.93. The molecule has 0 saturated carbocycles. The largest absolute Gasteiger partial charge is 0.497 e. The van der Waals surface area contributed by atoms with Crippen molar-refractivity contribution in [3.05, 3.63) is 35.5 Å². The molecule has 0 N–H and O–H groups in total. The second-order valence-corrected chi connectivity index (χ2v) is 4.04. The quantitative estimate of drug-likeness (QED) is 0.695. The predicted octanol–water partition coefficient (Wildman–Crippen LogP) is 1.18. The molecule has 0 aliphatic carbocycles. The number of carbonyl (C=O) groups excluding carboxylic acids is 2. The molecule has 1 aromatic carbocycles. The number of rotatable bonds is 1. The molecule has 0 unspecified atom stereocenters. The molecule has 0 bridgehead atoms. The van der Waals surface area contributed by atoms with Gasteiger partial charge in [0.2, 0.25) is 5.91 Å². The van der Waals surface area contributed by atoms with Gasteiger partial charge in [0.1, 0.15) is 12.2 Å². The zero-order chi connectivity index (χ0) is 12.7. The Morgan fingerprint density at radius 3 is 2.94 bits per heavy atom. The first kappa shape index (κ1) is 10.7. The summed E-state index contributed by atoms with van der Waals surface area (Å²) < 4.78 is 5.15. The van der Waals surface area contributed by atoms with E-state index in [1.54, 1.807) is 19.4 Å². The summed E-state index contributed by atoms with van der Waals surface area (Å²) in [5.41, 5.74) is 1.64. The molecule has 0 atom stereocenters. The Kier molecular flexibility index (Phi) is 2.26. The highest BCUT2D eigenvalue weighted by Gasteiger charge is 2.30. The third-order valence-electron chi connectivity index (χ3n) is 2.93. The molecule has 2 aliphatic heterocycles. The number of amidine groups is 1. The Labute approximate surface area is 103 Å². The number of nitrogens with zero attached hydrogens (tertiary/aromatic N) is 2. The number of carbonyl (C=O) groups is 2. The molecule has 90 valence electrons. The fraction of sp³-hybridized carbons (Fsp3) is 0.154. The van der Waals surface area contributed by atoms with Crippen LogP contribution in [0.3, 0.4) is 0 Å². The third kappa shape index (κ3) is 1.52. The summed E-state index contributed by atoms with van der Waals surface area (Å²) in [7, 11) is 1.57. The number of methoxy groups -OCH3 is 1. The van der Waals surface area contributed by atoms with Gasteiger partial charge in [-0.3, -0.25) is 14.5 Å². The summed E-state index contributed by atoms with van der Waals surface area (Å²) in [4.78, 5) is 28.5. The average Bonchev–Trinajstić information content (AvgIpc) is 2.37. The van der Waals surface area contributed by atoms with Gasteiger partial charge in [0.05, 0.1) is 7.11 Å². The van der Waals surface area contributed by atoms with Gasteiger partial charge in [0.15, 0.2) is 5.84 Å². The molecule has 3 rings (SSSR count). The van der Waals surface area contributed by atoms with Crippen molar-refractivity contribution >= 4 is 23.7 Å². The molecule has 2 amide bonds. The monoisotopic (exact) mass is 242 g/mol. The molecule has 0 fully saturated rings. The molecule has 5 heteroatoms. The van der Waals surface area contributed by atoms with Crippen molar-refractivity contribution in [2.75, 3.05) is 7.11 Å². The highest BCUT2D eigenvalue weighted by Crippen LogP contribution is 2.27. The normalized spacial score (nSPS) is 17.2. The minimum Gasteiger partial charge on any atom is -0.497 e. The van der Waals surface area contributed by atoms with Crippen LogP contribution in [0.15, 0.2) is 29.4 Å². The lowest BCUT2D eigenvalue weighted by Gasteiger charge is -2.27. The Balaban J connectivity index is 2.19. The van der Waals surface area contributed by atoms with Gasteiger partial charge in [-0.1, -0.05) is 6.07 Å². The van der Waals surface area contributed by atoms with Gasteiger partial charge in [0, 0.05) is 11.8 Å². The van der Waals surface area contributed by atoms with E-state index < -0.39 is 5.91 Å². The summed E-state index contributed by atoms with van der Waals surface area (Å²) in [6.07, 6.45) is 3.29. The van der Waals surface area contributed by atoms with Crippen LogP contribution in [0.2, 0.25) is 0 Å². The Morgan fingerprint density at radius 1 is 1.33 bits per heavy atom. The number of hydrogen-bond donors (Lipinski definition) is 0. The number of benzene rings is 1. The summed E-state index contributed by atoms with van der Waals surface area (Å²) >= 11 is 0. The van der Waals surface area contributed by atoms with Crippen LogP contribution in [-0.4, -0.2) is 29.7 Å². The summed E-state index contributed by atoms with van der Waals surface area (Å²) in [6.45, 7) is 0. The molecule has 0 spiro atoms. The van der Waals surface area contributed by atoms with Crippen molar-refractivity contribution in [3.8, 4) is 5.75 Å². The summed E-state index contributed by atoms with van der Waals surface area (Å²) in [5, 5.41) is 0. The number of hydrogen-bond acceptors (Lipinski definition) is 3. The van der Waals surface area contributed by atoms with Crippen LogP contribution >= 0.6 is 0 Å². The van der Waals surface area contributed by atoms with E-state index in [1.165, 1.54) is 4.90 Å². The summed E-state index contributed by atoms with van der Waals surface area (Å²) in [5.74, 6) is 0.384. The van der Waals surface area contributed by atoms with Gasteiger partial charge in [-0.25, -0.2) is 0 Å². The fourth-order valence-electron chi connectivity index (χ4n) is 2.04. The maximum absolute atomic E-state index is 11.7. The Hall–Kier alpha value is -2.43. The van der Waals surface area contributed by atoms with Gasteiger partial charge < -0.3 is 4.74 Å². The van der Waals surface area contributed by atoms with Gasteiger partial charge in [-0.05, 0) is 23.8 Å². The number of aliphatic imine (C=N–C) groups is 1. The van der Waals surface area contributed by atoms with Crippen molar-refractivity contribution < 1.29 is 14.3 Å². The standard InChI is InChI=1S/C13H10N2O3/c1-18-9-3-2-8-4-5-15-12(17)7-11(16)14-13(15)10(8)6-9/h2-6H,7H2,1H3. The van der Waals surface area contributed by atoms with Crippen molar-refractivity contribution in [3.63, 3.8) is 0 Å². The zero-order valence-electron chi connectivity index (χ0n) is 9.71. The highest BCUT2D eigenvalue weighted by molar-refractivity contribution is 6.22. The van der Waals surface area contributed by atoms with Crippen LogP contribution in [0.25, 0.3) is 6.08 Å². The van der Waals surface area contributed by atoms with Gasteiger partial charge in [-0.15, -0.1) is 0 Å². The van der Waals surface area contributed by atoms with E-state index >= 15 is 0 Å². The first-order valence-electron chi connectivity index (χ1n) is 5.49. The van der Waals surface area contributed by atoms with Crippen molar-refractivity contribution in [1.82, 2.24) is 4.90 Å². The SMILES string of the molecule is COc1ccc2c(c1)C1=NC(=O)CC(=O)N1C=C2. The molecule has 0 aromatic heterocycles. The van der Waals surface area contributed by atoms with E-state index in [0.29, 0.717) is 11.6 Å². The molecular weight excluding hydrogens is 232 g/mol. The molecule has 18 heavy (non-hydrogen) atoms. The number of amides is 2. The van der Waals surface area contributed by atoms with Crippen molar-refractivity contribution in [2.24, 2.45) is 4.99 Å². The van der Waals surface area contributed by atoms with Gasteiger partial charge >= 0.3 is 0 Å². The number of fused-ring (bicyclic) bond motifs is 3. The molecule has 2 heterocycles. The Morgan fingerprint density at radius 2 is 2.17 bits per heavy atom. The smallest absolute Gasteiger partial charge is 0.257 e. The lowest BCUT2D eigenvalue weighted by Crippen LogP contribution is -2.40. The average molecular weight is 242 g/mol. The van der Waals surface area contributed by atoms with Crippen LogP contribution < -0.4 is 4.74 Å². The molecule has 0 radical (unpaired) electrons. The second kappa shape index (κ2) is 3.80. The molecular formula is C13H10N2O3. The maximum Gasteiger partial charge on any atom is 0.257 e. The molecule has 2 aliphatic rings. The molecule has 0 saturated heterocycles. The van der Waals surface area contributed by atoms with Crippen LogP contribution in [0, 0.1) is 0 Å². The van der Waals surface area contributed by atoms with Crippen LogP contribution in [0.4, 0.5) is 0 Å². The van der Waals surface area contributed by atoms with E-state index in [4.69, 9.17) is 4.74 Å². The van der Waals surface area contributed by atoms with E-state index in [2.05, 4.69) is 4.99 Å². The minimum absolute atomic E-state index is 0.173. The topological polar surface area (TPSA) is 59.0 Å². The summed E-state index contributed by atoms with van der Waals surface area (Å²) in [6, 6.07) is 5.47. The maximum atomic E-state index is 11.7. The minimum atomic E-state index is -0.407. The predicted molar refractivity (Wildman–Crippen MR) is 65.0 cm³/mol. The van der Waals surface area contributed by atoms with Crippen molar-refractivity contribution in [1.29, 1.82) is 0 Å². The van der Waals surface area contributed by atoms with E-state index in [0.717, 1.165) is 11.1 Å². The first-order chi connectivity index (χ1) is 8.69. The fourth-order valence-corrected chi connectivity index (χ4v) is 2.04.